The van der Waals surface area contributed by atoms with Crippen molar-refractivity contribution < 1.29 is 25.2 Å². The summed E-state index contributed by atoms with van der Waals surface area (Å²) in [7, 11) is 2.13. The van der Waals surface area contributed by atoms with Gasteiger partial charge in [-0.1, -0.05) is 35.2 Å². The minimum absolute atomic E-state index is 0.550. The molecule has 1 aromatic rings. The molecule has 2 aliphatic rings. The third-order valence-corrected chi connectivity index (χ3v) is 6.99. The third kappa shape index (κ3) is 5.51. The smallest absolute Gasteiger partial charge is 0.157 e. The molecule has 1 aliphatic heterocycles. The molecule has 1 unspecified atom stereocenters. The van der Waals surface area contributed by atoms with Gasteiger partial charge < -0.3 is 30.5 Å². The fraction of sp³-hybridized carbons (Fsp3) is 0.700. The lowest BCUT2D eigenvalue weighted by molar-refractivity contribution is -0.0774. The number of aliphatic hydroxyl groups is 4. The minimum Gasteiger partial charge on any atom is -0.394 e. The van der Waals surface area contributed by atoms with Gasteiger partial charge in [-0.05, 0) is 53.5 Å². The first kappa shape index (κ1) is 23.4. The van der Waals surface area contributed by atoms with E-state index in [0.717, 1.165) is 26.7 Å². The lowest BCUT2D eigenvalue weighted by Gasteiger charge is -2.32. The summed E-state index contributed by atoms with van der Waals surface area (Å²) in [6.07, 6.45) is 0.461. The van der Waals surface area contributed by atoms with Gasteiger partial charge in [0.2, 0.25) is 0 Å². The third-order valence-electron chi connectivity index (χ3n) is 5.91. The highest BCUT2D eigenvalue weighted by atomic mass is 79.9. The van der Waals surface area contributed by atoms with Gasteiger partial charge >= 0.3 is 0 Å². The zero-order valence-corrected chi connectivity index (χ0v) is 19.6. The number of nitrogens with zero attached hydrogens (tertiary/aromatic N) is 1. The zero-order chi connectivity index (χ0) is 21.1. The van der Waals surface area contributed by atoms with Crippen LogP contribution in [0.2, 0.25) is 0 Å². The first-order valence-electron chi connectivity index (χ1n) is 10.1. The molecule has 1 aliphatic carbocycles. The normalized spacial score (nSPS) is 29.4. The first-order valence-corrected chi connectivity index (χ1v) is 11.7. The molecule has 2 fully saturated rings. The molecule has 0 bridgehead atoms. The maximum atomic E-state index is 10.4. The van der Waals surface area contributed by atoms with Crippen LogP contribution in [0.1, 0.15) is 37.7 Å². The van der Waals surface area contributed by atoms with Crippen molar-refractivity contribution in [2.75, 3.05) is 19.0 Å². The van der Waals surface area contributed by atoms with Crippen LogP contribution in [-0.2, 0) is 11.3 Å². The Kier molecular flexibility index (Phi) is 8.37. The highest BCUT2D eigenvalue weighted by Gasteiger charge is 2.46. The predicted octanol–water partition coefficient (Wildman–Crippen LogP) is 2.19. The topological polar surface area (TPSA) is 105 Å². The van der Waals surface area contributed by atoms with Crippen LogP contribution in [0.3, 0.4) is 0 Å². The van der Waals surface area contributed by atoms with Crippen LogP contribution in [0.5, 0.6) is 0 Å². The van der Waals surface area contributed by atoms with Gasteiger partial charge in [-0.15, -0.1) is 0 Å². The Morgan fingerprint density at radius 1 is 1.17 bits per heavy atom. The molecule has 1 saturated carbocycles. The Labute approximate surface area is 188 Å². The second-order valence-electron chi connectivity index (χ2n) is 8.03. The number of hydrogen-bond donors (Lipinski definition) is 5. The molecule has 1 saturated heterocycles. The highest BCUT2D eigenvalue weighted by Crippen LogP contribution is 2.35. The lowest BCUT2D eigenvalue weighted by atomic mass is 9.94. The van der Waals surface area contributed by atoms with Crippen molar-refractivity contribution in [3.63, 3.8) is 0 Å². The van der Waals surface area contributed by atoms with Crippen LogP contribution < -0.4 is 5.32 Å². The fourth-order valence-electron chi connectivity index (χ4n) is 4.22. The van der Waals surface area contributed by atoms with Crippen molar-refractivity contribution >= 4 is 37.5 Å². The molecular weight excluding hydrogens is 508 g/mol. The molecule has 5 atom stereocenters. The maximum Gasteiger partial charge on any atom is 0.157 e. The van der Waals surface area contributed by atoms with Gasteiger partial charge in [-0.3, -0.25) is 4.90 Å². The maximum absolute atomic E-state index is 10.4. The van der Waals surface area contributed by atoms with E-state index in [4.69, 9.17) is 9.84 Å². The summed E-state index contributed by atoms with van der Waals surface area (Å²) in [5.41, 5.74) is 1.79. The monoisotopic (exact) mass is 536 g/mol. The summed E-state index contributed by atoms with van der Waals surface area (Å²) < 4.78 is 7.37. The van der Waals surface area contributed by atoms with Gasteiger partial charge in [-0.25, -0.2) is 0 Å². The Bertz CT molecular complexity index is 689. The van der Waals surface area contributed by atoms with Gasteiger partial charge in [0, 0.05) is 21.5 Å². The molecule has 1 heterocycles. The number of nitrogens with one attached hydrogen (secondary N) is 1. The Hall–Kier alpha value is -0.260. The van der Waals surface area contributed by atoms with Crippen molar-refractivity contribution in [1.29, 1.82) is 0 Å². The van der Waals surface area contributed by atoms with E-state index < -0.39 is 37.3 Å². The number of aliphatic hydroxyl groups excluding tert-OH is 4. The summed E-state index contributed by atoms with van der Waals surface area (Å²) in [5, 5.41) is 42.8. The molecule has 9 heteroatoms. The standard InChI is InChI=1S/C20H30Br2N2O5/c1-24(13-5-3-2-4-6-13)9-11-7-12(21)8-14(22)16(11)23-20-18(28)17(27)19(29-20)15(26)10-25/h7-8,13,15,17-20,23,25-28H,2-6,9-10H2,1H3/t15-,17+,18+,19+,20?/m0/s1. The van der Waals surface area contributed by atoms with Crippen molar-refractivity contribution in [1.82, 2.24) is 4.90 Å². The number of halogens is 2. The fourth-order valence-corrected chi connectivity index (χ4v) is 5.65. The van der Waals surface area contributed by atoms with Gasteiger partial charge in [0.05, 0.1) is 12.3 Å². The number of hydrogen-bond acceptors (Lipinski definition) is 7. The second kappa shape index (κ2) is 10.4. The second-order valence-corrected chi connectivity index (χ2v) is 9.80. The summed E-state index contributed by atoms with van der Waals surface area (Å²) >= 11 is 7.13. The van der Waals surface area contributed by atoms with E-state index in [1.54, 1.807) is 0 Å². The molecular formula is C20H30Br2N2O5. The van der Waals surface area contributed by atoms with E-state index in [2.05, 4.69) is 49.1 Å². The van der Waals surface area contributed by atoms with Crippen molar-refractivity contribution in [3.8, 4) is 0 Å². The molecule has 0 aromatic heterocycles. The van der Waals surface area contributed by atoms with Crippen LogP contribution in [0, 0.1) is 0 Å². The molecule has 0 spiro atoms. The van der Waals surface area contributed by atoms with Gasteiger partial charge in [0.25, 0.3) is 0 Å². The van der Waals surface area contributed by atoms with E-state index >= 15 is 0 Å². The van der Waals surface area contributed by atoms with Gasteiger partial charge in [0.15, 0.2) is 6.23 Å². The Morgan fingerprint density at radius 2 is 1.86 bits per heavy atom. The predicted molar refractivity (Wildman–Crippen MR) is 118 cm³/mol. The summed E-state index contributed by atoms with van der Waals surface area (Å²) in [5.74, 6) is 0. The van der Waals surface area contributed by atoms with Crippen LogP contribution in [0.4, 0.5) is 5.69 Å². The summed E-state index contributed by atoms with van der Waals surface area (Å²) in [6.45, 7) is 0.166. The SMILES string of the molecule is CN(Cc1cc(Br)cc(Br)c1NC1O[C@H]([C@@H](O)CO)[C@H](O)[C@H]1O)C1CCCCC1. The van der Waals surface area contributed by atoms with Crippen molar-refractivity contribution in [3.05, 3.63) is 26.6 Å². The minimum atomic E-state index is -1.29. The lowest BCUT2D eigenvalue weighted by Crippen LogP contribution is -2.40. The molecule has 5 N–H and O–H groups in total. The number of anilines is 1. The summed E-state index contributed by atoms with van der Waals surface area (Å²) in [4.78, 5) is 2.36. The number of ether oxygens (including phenoxy) is 1. The Balaban J connectivity index is 1.78. The molecule has 29 heavy (non-hydrogen) atoms. The van der Waals surface area contributed by atoms with E-state index in [1.165, 1.54) is 32.1 Å². The number of rotatable bonds is 7. The van der Waals surface area contributed by atoms with Crippen molar-refractivity contribution in [2.45, 2.75) is 75.3 Å². The molecule has 1 aromatic carbocycles. The quantitative estimate of drug-likeness (QED) is 0.363. The molecule has 0 radical (unpaired) electrons. The van der Waals surface area contributed by atoms with Gasteiger partial charge in [0.1, 0.15) is 24.4 Å². The van der Waals surface area contributed by atoms with E-state index in [1.807, 2.05) is 12.1 Å². The zero-order valence-electron chi connectivity index (χ0n) is 16.5. The molecule has 0 amide bonds. The number of benzene rings is 1. The van der Waals surface area contributed by atoms with Crippen LogP contribution in [0.25, 0.3) is 0 Å². The average Bonchev–Trinajstić information content (AvgIpc) is 2.99. The van der Waals surface area contributed by atoms with Crippen LogP contribution in [0.15, 0.2) is 21.1 Å². The molecule has 3 rings (SSSR count). The Morgan fingerprint density at radius 3 is 2.52 bits per heavy atom. The van der Waals surface area contributed by atoms with E-state index in [0.29, 0.717) is 6.04 Å². The van der Waals surface area contributed by atoms with Crippen molar-refractivity contribution in [2.24, 2.45) is 0 Å². The molecule has 7 nitrogen and oxygen atoms in total. The average molecular weight is 538 g/mol. The molecule has 164 valence electrons. The highest BCUT2D eigenvalue weighted by molar-refractivity contribution is 9.11. The summed E-state index contributed by atoms with van der Waals surface area (Å²) in [6, 6.07) is 4.49. The van der Waals surface area contributed by atoms with Crippen LogP contribution >= 0.6 is 31.9 Å². The van der Waals surface area contributed by atoms with E-state index in [9.17, 15) is 15.3 Å². The van der Waals surface area contributed by atoms with E-state index in [-0.39, 0.29) is 0 Å². The van der Waals surface area contributed by atoms with Crippen LogP contribution in [-0.4, -0.2) is 75.7 Å². The first-order chi connectivity index (χ1) is 13.8. The van der Waals surface area contributed by atoms with Gasteiger partial charge in [-0.2, -0.15) is 0 Å². The largest absolute Gasteiger partial charge is 0.394 e.